The predicted molar refractivity (Wildman–Crippen MR) is 64.5 cm³/mol. The van der Waals surface area contributed by atoms with Gasteiger partial charge in [0.05, 0.1) is 10.0 Å². The van der Waals surface area contributed by atoms with E-state index in [4.69, 9.17) is 23.2 Å². The summed E-state index contributed by atoms with van der Waals surface area (Å²) in [5.74, 6) is -0.587. The van der Waals surface area contributed by atoms with Crippen LogP contribution in [-0.4, -0.2) is 4.98 Å². The van der Waals surface area contributed by atoms with Gasteiger partial charge in [0.1, 0.15) is 0 Å². The summed E-state index contributed by atoms with van der Waals surface area (Å²) in [7, 11) is 0. The first kappa shape index (κ1) is 11.3. The second kappa shape index (κ2) is 4.76. The molecule has 0 atom stereocenters. The van der Waals surface area contributed by atoms with Gasteiger partial charge in [-0.1, -0.05) is 23.2 Å². The van der Waals surface area contributed by atoms with Crippen LogP contribution >= 0.6 is 23.2 Å². The smallest absolute Gasteiger partial charge is 0.160 e. The molecule has 0 saturated carbocycles. The number of nitrogens with one attached hydrogen (secondary N) is 2. The van der Waals surface area contributed by atoms with E-state index in [1.807, 2.05) is 18.5 Å². The van der Waals surface area contributed by atoms with E-state index < -0.39 is 5.82 Å². The van der Waals surface area contributed by atoms with Crippen LogP contribution in [0.2, 0.25) is 10.0 Å². The number of benzene rings is 1. The van der Waals surface area contributed by atoms with Crippen molar-refractivity contribution in [2.75, 3.05) is 5.32 Å². The highest BCUT2D eigenvalue weighted by Gasteiger charge is 2.07. The van der Waals surface area contributed by atoms with Crippen molar-refractivity contribution in [3.05, 3.63) is 52.0 Å². The summed E-state index contributed by atoms with van der Waals surface area (Å²) in [5.41, 5.74) is 1.79. The lowest BCUT2D eigenvalue weighted by molar-refractivity contribution is 0.629. The number of aromatic amines is 1. The molecule has 2 N–H and O–H groups in total. The van der Waals surface area contributed by atoms with Crippen LogP contribution in [0.3, 0.4) is 0 Å². The number of rotatable bonds is 3. The molecule has 16 heavy (non-hydrogen) atoms. The summed E-state index contributed by atoms with van der Waals surface area (Å²) in [6, 6.07) is 4.96. The lowest BCUT2D eigenvalue weighted by Gasteiger charge is -2.07. The van der Waals surface area contributed by atoms with Gasteiger partial charge < -0.3 is 10.3 Å². The van der Waals surface area contributed by atoms with Crippen molar-refractivity contribution in [1.29, 1.82) is 0 Å². The Kier molecular flexibility index (Phi) is 3.36. The Morgan fingerprint density at radius 2 is 1.94 bits per heavy atom. The quantitative estimate of drug-likeness (QED) is 0.799. The largest absolute Gasteiger partial charge is 0.381 e. The number of H-pyrrole nitrogens is 1. The first-order valence-electron chi connectivity index (χ1n) is 4.67. The number of anilines is 1. The van der Waals surface area contributed by atoms with Crippen molar-refractivity contribution in [2.24, 2.45) is 0 Å². The molecular weight excluding hydrogens is 250 g/mol. The van der Waals surface area contributed by atoms with Gasteiger partial charge in [-0.2, -0.15) is 0 Å². The van der Waals surface area contributed by atoms with Crippen molar-refractivity contribution in [3.8, 4) is 0 Å². The molecule has 0 spiro atoms. The zero-order valence-corrected chi connectivity index (χ0v) is 9.74. The summed E-state index contributed by atoms with van der Waals surface area (Å²) >= 11 is 11.3. The minimum Gasteiger partial charge on any atom is -0.381 e. The first-order chi connectivity index (χ1) is 7.66. The van der Waals surface area contributed by atoms with Gasteiger partial charge in [-0.15, -0.1) is 0 Å². The molecule has 2 nitrogen and oxygen atoms in total. The van der Waals surface area contributed by atoms with Crippen LogP contribution in [0, 0.1) is 5.82 Å². The summed E-state index contributed by atoms with van der Waals surface area (Å²) in [4.78, 5) is 2.95. The van der Waals surface area contributed by atoms with Gasteiger partial charge in [0.25, 0.3) is 0 Å². The zero-order chi connectivity index (χ0) is 11.5. The average Bonchev–Trinajstić information content (AvgIpc) is 2.75. The highest BCUT2D eigenvalue weighted by atomic mass is 35.5. The normalized spacial score (nSPS) is 10.4. The number of halogens is 3. The van der Waals surface area contributed by atoms with Crippen LogP contribution in [0.15, 0.2) is 30.6 Å². The Morgan fingerprint density at radius 1 is 1.25 bits per heavy atom. The highest BCUT2D eigenvalue weighted by molar-refractivity contribution is 6.35. The molecule has 0 fully saturated rings. The van der Waals surface area contributed by atoms with E-state index in [2.05, 4.69) is 10.3 Å². The predicted octanol–water partition coefficient (Wildman–Crippen LogP) is 4.07. The van der Waals surface area contributed by atoms with Crippen LogP contribution in [0.25, 0.3) is 0 Å². The van der Waals surface area contributed by atoms with Crippen molar-refractivity contribution in [2.45, 2.75) is 6.54 Å². The maximum atomic E-state index is 13.1. The first-order valence-corrected chi connectivity index (χ1v) is 5.42. The van der Waals surface area contributed by atoms with E-state index in [0.717, 1.165) is 5.56 Å². The van der Waals surface area contributed by atoms with Gasteiger partial charge in [-0.05, 0) is 23.8 Å². The van der Waals surface area contributed by atoms with Crippen LogP contribution in [-0.2, 0) is 6.54 Å². The third kappa shape index (κ3) is 2.49. The minimum absolute atomic E-state index is 0.0177. The zero-order valence-electron chi connectivity index (χ0n) is 8.23. The maximum Gasteiger partial charge on any atom is 0.160 e. The van der Waals surface area contributed by atoms with Crippen LogP contribution in [0.5, 0.6) is 0 Å². The summed E-state index contributed by atoms with van der Waals surface area (Å²) in [6.45, 7) is 0.627. The van der Waals surface area contributed by atoms with Crippen molar-refractivity contribution in [3.63, 3.8) is 0 Å². The molecule has 1 aromatic heterocycles. The molecule has 5 heteroatoms. The molecule has 84 valence electrons. The molecule has 1 heterocycles. The molecule has 0 amide bonds. The Morgan fingerprint density at radius 3 is 2.50 bits per heavy atom. The third-order valence-electron chi connectivity index (χ3n) is 2.14. The second-order valence-corrected chi connectivity index (χ2v) is 4.14. The fraction of sp³-hybridized carbons (Fsp3) is 0.0909. The number of hydrogen-bond acceptors (Lipinski definition) is 1. The van der Waals surface area contributed by atoms with Gasteiger partial charge >= 0.3 is 0 Å². The van der Waals surface area contributed by atoms with E-state index >= 15 is 0 Å². The molecule has 0 aliphatic rings. The average molecular weight is 259 g/mol. The number of hydrogen-bond donors (Lipinski definition) is 2. The summed E-state index contributed by atoms with van der Waals surface area (Å²) in [6.07, 6.45) is 3.71. The second-order valence-electron chi connectivity index (χ2n) is 3.33. The topological polar surface area (TPSA) is 27.8 Å². The number of aromatic nitrogens is 1. The van der Waals surface area contributed by atoms with Crippen molar-refractivity contribution >= 4 is 28.9 Å². The SMILES string of the molecule is Fc1c(Cl)cc(NCc2cc[nH]c2)cc1Cl. The lowest BCUT2D eigenvalue weighted by atomic mass is 10.3. The van der Waals surface area contributed by atoms with Crippen molar-refractivity contribution in [1.82, 2.24) is 4.98 Å². The van der Waals surface area contributed by atoms with Gasteiger partial charge in [-0.25, -0.2) is 4.39 Å². The molecular formula is C11H9Cl2FN2. The van der Waals surface area contributed by atoms with Gasteiger partial charge in [0.15, 0.2) is 5.82 Å². The molecule has 1 aromatic carbocycles. The Labute approximate surface area is 102 Å². The highest BCUT2D eigenvalue weighted by Crippen LogP contribution is 2.27. The van der Waals surface area contributed by atoms with E-state index in [1.165, 1.54) is 12.1 Å². The monoisotopic (exact) mass is 258 g/mol. The molecule has 0 aliphatic heterocycles. The Bertz CT molecular complexity index is 460. The molecule has 0 saturated heterocycles. The summed E-state index contributed by atoms with van der Waals surface area (Å²) < 4.78 is 13.1. The Balaban J connectivity index is 2.10. The van der Waals surface area contributed by atoms with Crippen LogP contribution < -0.4 is 5.32 Å². The molecule has 2 rings (SSSR count). The molecule has 2 aromatic rings. The molecule has 0 radical (unpaired) electrons. The van der Waals surface area contributed by atoms with Crippen molar-refractivity contribution < 1.29 is 4.39 Å². The molecule has 0 unspecified atom stereocenters. The minimum atomic E-state index is -0.587. The van der Waals surface area contributed by atoms with E-state index in [0.29, 0.717) is 12.2 Å². The van der Waals surface area contributed by atoms with Crippen LogP contribution in [0.4, 0.5) is 10.1 Å². The third-order valence-corrected chi connectivity index (χ3v) is 2.69. The van der Waals surface area contributed by atoms with E-state index in [9.17, 15) is 4.39 Å². The lowest BCUT2D eigenvalue weighted by Crippen LogP contribution is -1.98. The molecule has 0 bridgehead atoms. The van der Waals surface area contributed by atoms with Gasteiger partial charge in [0.2, 0.25) is 0 Å². The molecule has 0 aliphatic carbocycles. The maximum absolute atomic E-state index is 13.1. The Hall–Kier alpha value is -1.19. The fourth-order valence-electron chi connectivity index (χ4n) is 1.33. The van der Waals surface area contributed by atoms with Crippen LogP contribution in [0.1, 0.15) is 5.56 Å². The van der Waals surface area contributed by atoms with Gasteiger partial charge in [0, 0.05) is 24.6 Å². The van der Waals surface area contributed by atoms with E-state index in [-0.39, 0.29) is 10.0 Å². The summed E-state index contributed by atoms with van der Waals surface area (Å²) in [5, 5.41) is 3.14. The van der Waals surface area contributed by atoms with Gasteiger partial charge in [-0.3, -0.25) is 0 Å². The standard InChI is InChI=1S/C11H9Cl2FN2/c12-9-3-8(4-10(13)11(9)14)16-6-7-1-2-15-5-7/h1-5,15-16H,6H2. The fourth-order valence-corrected chi connectivity index (χ4v) is 1.82. The van der Waals surface area contributed by atoms with E-state index in [1.54, 1.807) is 0 Å².